The predicted molar refractivity (Wildman–Crippen MR) is 61.5 cm³/mol. The van der Waals surface area contributed by atoms with Gasteiger partial charge in [-0.05, 0) is 6.42 Å². The van der Waals surface area contributed by atoms with Crippen LogP contribution in [0.3, 0.4) is 0 Å². The second-order valence-corrected chi connectivity index (χ2v) is 6.06. The summed E-state index contributed by atoms with van der Waals surface area (Å²) in [7, 11) is 3.57. The van der Waals surface area contributed by atoms with Crippen LogP contribution in [0.2, 0.25) is 0 Å². The van der Waals surface area contributed by atoms with E-state index in [0.717, 1.165) is 7.11 Å². The summed E-state index contributed by atoms with van der Waals surface area (Å²) in [6.45, 7) is -3.48. The van der Waals surface area contributed by atoms with Gasteiger partial charge in [-0.15, -0.1) is 0 Å². The third-order valence-electron chi connectivity index (χ3n) is 1.90. The van der Waals surface area contributed by atoms with E-state index in [1.807, 2.05) is 0 Å². The Hall–Kier alpha value is -0.530. The van der Waals surface area contributed by atoms with E-state index in [2.05, 4.69) is 30.9 Å². The average Bonchev–Trinajstić information content (AvgIpc) is 2.32. The third kappa shape index (κ3) is 6.70. The number of hydrogen-bond donors (Lipinski definition) is 1. The highest BCUT2D eigenvalue weighted by atomic mass is 32.5. The fraction of sp³-hybridized carbons (Fsp3) is 0.750. The molecule has 0 bridgehead atoms. The summed E-state index contributed by atoms with van der Waals surface area (Å²) in [6, 6.07) is -0.970. The van der Waals surface area contributed by atoms with Gasteiger partial charge in [0.2, 0.25) is 0 Å². The molecule has 0 aliphatic rings. The van der Waals surface area contributed by atoms with Crippen molar-refractivity contribution in [1.82, 2.24) is 5.09 Å². The summed E-state index contributed by atoms with van der Waals surface area (Å²) in [5.41, 5.74) is 0. The van der Waals surface area contributed by atoms with Crippen LogP contribution in [0.5, 0.6) is 0 Å². The summed E-state index contributed by atoms with van der Waals surface area (Å²) in [5.74, 6) is -1.16. The molecule has 0 aliphatic carbocycles. The normalized spacial score (nSPS) is 15.8. The molecular weight excluding hydrogens is 269 g/mol. The maximum Gasteiger partial charge on any atom is 0.323 e. The van der Waals surface area contributed by atoms with Gasteiger partial charge in [-0.3, -0.25) is 14.7 Å². The molecule has 0 rings (SSSR count). The highest BCUT2D eigenvalue weighted by Crippen LogP contribution is 2.31. The number of methoxy groups -OCH3 is 2. The van der Waals surface area contributed by atoms with Gasteiger partial charge in [0, 0.05) is 13.5 Å². The highest BCUT2D eigenvalue weighted by molar-refractivity contribution is 8.07. The number of nitrogens with one attached hydrogen (secondary N) is 1. The van der Waals surface area contributed by atoms with Gasteiger partial charge >= 0.3 is 11.9 Å². The molecule has 1 N–H and O–H groups in total. The number of carbonyl (C=O) groups is 2. The Morgan fingerprint density at radius 2 is 1.94 bits per heavy atom. The monoisotopic (exact) mass is 284 g/mol. The van der Waals surface area contributed by atoms with E-state index < -0.39 is 24.6 Å². The second-order valence-electron chi connectivity index (χ2n) is 3.00. The van der Waals surface area contributed by atoms with Crippen molar-refractivity contribution in [2.75, 3.05) is 21.3 Å². The number of hydrogen-bond acceptors (Lipinski definition) is 7. The molecule has 9 heteroatoms. The second kappa shape index (κ2) is 7.73. The maximum atomic E-state index is 11.5. The molecular formula is C8H15NO6PS-. The van der Waals surface area contributed by atoms with Crippen LogP contribution >= 0.6 is 6.64 Å². The van der Waals surface area contributed by atoms with E-state index in [9.17, 15) is 14.5 Å². The molecule has 2 atom stereocenters. The number of ether oxygens (including phenoxy) is 2. The summed E-state index contributed by atoms with van der Waals surface area (Å²) < 4.78 is 13.4. The summed E-state index contributed by atoms with van der Waals surface area (Å²) >= 11 is 4.59. The van der Waals surface area contributed by atoms with Gasteiger partial charge in [-0.1, -0.05) is 11.8 Å². The van der Waals surface area contributed by atoms with Crippen molar-refractivity contribution >= 4 is 30.4 Å². The van der Waals surface area contributed by atoms with Crippen LogP contribution in [0, 0.1) is 0 Å². The van der Waals surface area contributed by atoms with E-state index in [1.54, 1.807) is 0 Å². The minimum Gasteiger partial charge on any atom is -0.789 e. The molecule has 0 fully saturated rings. The van der Waals surface area contributed by atoms with Crippen molar-refractivity contribution < 1.29 is 28.5 Å². The van der Waals surface area contributed by atoms with Gasteiger partial charge in [-0.25, -0.2) is 0 Å². The highest BCUT2D eigenvalue weighted by Gasteiger charge is 2.22. The lowest BCUT2D eigenvalue weighted by Gasteiger charge is -2.30. The molecule has 2 unspecified atom stereocenters. The Balaban J connectivity index is 4.50. The Morgan fingerprint density at radius 3 is 2.35 bits per heavy atom. The zero-order valence-corrected chi connectivity index (χ0v) is 11.5. The Kier molecular flexibility index (Phi) is 7.49. The lowest BCUT2D eigenvalue weighted by atomic mass is 10.2. The van der Waals surface area contributed by atoms with E-state index in [1.165, 1.54) is 14.2 Å². The molecule has 0 radical (unpaired) electrons. The molecule has 0 aromatic rings. The van der Waals surface area contributed by atoms with Crippen LogP contribution in [0.4, 0.5) is 0 Å². The van der Waals surface area contributed by atoms with Gasteiger partial charge in [0.15, 0.2) is 0 Å². The molecule has 0 heterocycles. The van der Waals surface area contributed by atoms with Gasteiger partial charge in [0.25, 0.3) is 0 Å². The van der Waals surface area contributed by atoms with Crippen LogP contribution in [-0.2, 0) is 35.4 Å². The fourth-order valence-electron chi connectivity index (χ4n) is 0.985. The maximum absolute atomic E-state index is 11.5. The lowest BCUT2D eigenvalue weighted by molar-refractivity contribution is -0.185. The first-order chi connectivity index (χ1) is 7.86. The van der Waals surface area contributed by atoms with Crippen LogP contribution < -0.4 is 9.98 Å². The van der Waals surface area contributed by atoms with E-state index in [4.69, 9.17) is 0 Å². The molecule has 0 saturated carbocycles. The SMILES string of the molecule is COC(=O)CCC(NP([O-])(=S)OC)C(=O)OC. The predicted octanol–water partition coefficient (Wildman–Crippen LogP) is -0.698. The van der Waals surface area contributed by atoms with Crippen molar-refractivity contribution in [3.8, 4) is 0 Å². The van der Waals surface area contributed by atoms with Crippen LogP contribution in [0.15, 0.2) is 0 Å². The third-order valence-corrected chi connectivity index (χ3v) is 3.78. The summed E-state index contributed by atoms with van der Waals surface area (Å²) in [4.78, 5) is 33.8. The Labute approximate surface area is 105 Å². The number of rotatable bonds is 7. The topological polar surface area (TPSA) is 96.9 Å². The number of carbonyl (C=O) groups excluding carboxylic acids is 2. The van der Waals surface area contributed by atoms with E-state index >= 15 is 0 Å². The first-order valence-corrected chi connectivity index (χ1v) is 7.29. The van der Waals surface area contributed by atoms with Gasteiger partial charge in [-0.2, -0.15) is 0 Å². The van der Waals surface area contributed by atoms with Crippen molar-refractivity contribution in [2.24, 2.45) is 0 Å². The van der Waals surface area contributed by atoms with Crippen molar-refractivity contribution in [2.45, 2.75) is 18.9 Å². The smallest absolute Gasteiger partial charge is 0.323 e. The molecule has 0 saturated heterocycles. The molecule has 0 aromatic heterocycles. The number of esters is 2. The van der Waals surface area contributed by atoms with Crippen LogP contribution in [0.25, 0.3) is 0 Å². The van der Waals surface area contributed by atoms with E-state index in [-0.39, 0.29) is 12.8 Å². The van der Waals surface area contributed by atoms with Crippen molar-refractivity contribution in [3.05, 3.63) is 0 Å². The van der Waals surface area contributed by atoms with Gasteiger partial charge in [0.1, 0.15) is 6.04 Å². The quantitative estimate of drug-likeness (QED) is 0.484. The summed E-state index contributed by atoms with van der Waals surface area (Å²) in [5, 5.41) is 2.34. The molecule has 0 aromatic carbocycles. The average molecular weight is 284 g/mol. The summed E-state index contributed by atoms with van der Waals surface area (Å²) in [6.07, 6.45) is 0.0334. The first-order valence-electron chi connectivity index (χ1n) is 4.65. The van der Waals surface area contributed by atoms with Gasteiger partial charge < -0.3 is 18.9 Å². The lowest BCUT2D eigenvalue weighted by Crippen LogP contribution is -2.38. The molecule has 0 amide bonds. The van der Waals surface area contributed by atoms with Crippen LogP contribution in [0.1, 0.15) is 12.8 Å². The Bertz CT molecular complexity index is 323. The molecule has 17 heavy (non-hydrogen) atoms. The molecule has 100 valence electrons. The molecule has 0 spiro atoms. The van der Waals surface area contributed by atoms with Crippen molar-refractivity contribution in [3.63, 3.8) is 0 Å². The standard InChI is InChI=1S/C8H16NO6PS/c1-13-7(10)5-4-6(8(11)14-2)9-16(12,17)15-3/h6H,4-5H2,1-3H3,(H2,9,12,17)/p-1. The van der Waals surface area contributed by atoms with Gasteiger partial charge in [0.05, 0.1) is 20.9 Å². The minimum atomic E-state index is -3.48. The first kappa shape index (κ1) is 16.5. The minimum absolute atomic E-state index is 0.0255. The van der Waals surface area contributed by atoms with E-state index in [0.29, 0.717) is 0 Å². The molecule has 7 nitrogen and oxygen atoms in total. The van der Waals surface area contributed by atoms with Crippen LogP contribution in [-0.4, -0.2) is 39.3 Å². The zero-order chi connectivity index (χ0) is 13.5. The largest absolute Gasteiger partial charge is 0.789 e. The van der Waals surface area contributed by atoms with Crippen molar-refractivity contribution in [1.29, 1.82) is 0 Å². The molecule has 0 aliphatic heterocycles. The Morgan fingerprint density at radius 1 is 1.35 bits per heavy atom. The zero-order valence-electron chi connectivity index (χ0n) is 9.80. The fourth-order valence-corrected chi connectivity index (χ4v) is 2.09.